The Hall–Kier alpha value is -0.409. The largest absolute Gasteiger partial charge is 0.544 e. The predicted molar refractivity (Wildman–Crippen MR) is 114 cm³/mol. The zero-order valence-electron chi connectivity index (χ0n) is 17.4. The van der Waals surface area contributed by atoms with Crippen molar-refractivity contribution >= 4 is 24.9 Å². The van der Waals surface area contributed by atoms with Crippen LogP contribution in [0.5, 0.6) is 5.75 Å². The second kappa shape index (κ2) is 7.87. The van der Waals surface area contributed by atoms with E-state index in [0.29, 0.717) is 0 Å². The molecule has 0 bridgehead atoms. The number of hydrogen-bond acceptors (Lipinski definition) is 3. The van der Waals surface area contributed by atoms with Gasteiger partial charge in [-0.15, -0.1) is 0 Å². The van der Waals surface area contributed by atoms with Gasteiger partial charge in [-0.2, -0.15) is 0 Å². The number of likely N-dealkylation sites (N-methyl/N-ethyl adjacent to an activating group) is 1. The average molecular weight is 384 g/mol. The Labute approximate surface area is 152 Å². The van der Waals surface area contributed by atoms with Crippen LogP contribution in [0.25, 0.3) is 0 Å². The Morgan fingerprint density at radius 3 is 1.96 bits per heavy atom. The zero-order valence-corrected chi connectivity index (χ0v) is 20.4. The molecule has 138 valence electrons. The van der Waals surface area contributed by atoms with Crippen LogP contribution in [0.3, 0.4) is 0 Å². The van der Waals surface area contributed by atoms with Gasteiger partial charge in [-0.25, -0.2) is 0 Å². The van der Waals surface area contributed by atoms with E-state index in [-0.39, 0.29) is 6.10 Å². The van der Waals surface area contributed by atoms with Crippen molar-refractivity contribution in [3.63, 3.8) is 0 Å². The lowest BCUT2D eigenvalue weighted by Gasteiger charge is -2.36. The van der Waals surface area contributed by atoms with E-state index in [1.165, 1.54) is 5.56 Å². The third kappa shape index (κ3) is 8.11. The van der Waals surface area contributed by atoms with E-state index < -0.39 is 24.9 Å². The Morgan fingerprint density at radius 1 is 0.917 bits per heavy atom. The van der Waals surface area contributed by atoms with Crippen molar-refractivity contribution in [2.24, 2.45) is 0 Å². The lowest BCUT2D eigenvalue weighted by atomic mass is 10.1. The number of hydrogen-bond donors (Lipinski definition) is 0. The first-order chi connectivity index (χ1) is 10.7. The standard InChI is InChI=1S/C18H37NO2Si3/c1-19(22(2,3)4)15-18(21-24(8,9)10)16-12-11-13-17(14-16)20-23(5,6)7/h11-14,18H,15H2,1-10H3. The van der Waals surface area contributed by atoms with E-state index in [4.69, 9.17) is 8.85 Å². The average Bonchev–Trinajstić information content (AvgIpc) is 2.33. The minimum atomic E-state index is -1.64. The van der Waals surface area contributed by atoms with Crippen molar-refractivity contribution in [1.29, 1.82) is 0 Å². The molecule has 1 unspecified atom stereocenters. The minimum Gasteiger partial charge on any atom is -0.544 e. The summed E-state index contributed by atoms with van der Waals surface area (Å²) in [7, 11) is -2.34. The summed E-state index contributed by atoms with van der Waals surface area (Å²) in [5.41, 5.74) is 1.23. The molecule has 1 rings (SSSR count). The molecule has 0 saturated heterocycles. The Balaban J connectivity index is 3.08. The highest BCUT2D eigenvalue weighted by Crippen LogP contribution is 2.28. The second-order valence-electron chi connectivity index (χ2n) is 9.56. The molecule has 0 heterocycles. The topological polar surface area (TPSA) is 21.7 Å². The fourth-order valence-corrected chi connectivity index (χ4v) is 4.90. The van der Waals surface area contributed by atoms with Gasteiger partial charge in [-0.1, -0.05) is 31.8 Å². The summed E-state index contributed by atoms with van der Waals surface area (Å²) < 4.78 is 15.2. The second-order valence-corrected chi connectivity index (χ2v) is 23.6. The molecule has 0 aliphatic heterocycles. The Bertz CT molecular complexity index is 530. The molecule has 6 heteroatoms. The van der Waals surface area contributed by atoms with Gasteiger partial charge in [0.05, 0.1) is 6.10 Å². The first-order valence-electron chi connectivity index (χ1n) is 8.85. The number of nitrogens with zero attached hydrogens (tertiary/aromatic N) is 1. The van der Waals surface area contributed by atoms with E-state index in [1.807, 2.05) is 0 Å². The van der Waals surface area contributed by atoms with Gasteiger partial charge < -0.3 is 13.4 Å². The number of benzene rings is 1. The summed E-state index contributed by atoms with van der Waals surface area (Å²) in [6.45, 7) is 21.5. The smallest absolute Gasteiger partial charge is 0.242 e. The lowest BCUT2D eigenvalue weighted by Crippen LogP contribution is -2.46. The quantitative estimate of drug-likeness (QED) is 0.548. The first kappa shape index (κ1) is 21.6. The van der Waals surface area contributed by atoms with E-state index in [2.05, 4.69) is 94.8 Å². The molecule has 0 aliphatic carbocycles. The highest BCUT2D eigenvalue weighted by Gasteiger charge is 2.28. The minimum absolute atomic E-state index is 0.110. The van der Waals surface area contributed by atoms with Crippen LogP contribution in [0.1, 0.15) is 11.7 Å². The van der Waals surface area contributed by atoms with Crippen molar-refractivity contribution in [3.8, 4) is 5.75 Å². The van der Waals surface area contributed by atoms with E-state index >= 15 is 0 Å². The van der Waals surface area contributed by atoms with Gasteiger partial charge >= 0.3 is 0 Å². The highest BCUT2D eigenvalue weighted by atomic mass is 28.4. The normalized spacial score (nSPS) is 14.8. The van der Waals surface area contributed by atoms with Gasteiger partial charge in [0, 0.05) is 6.54 Å². The summed E-state index contributed by atoms with van der Waals surface area (Å²) in [6.07, 6.45) is 0.110. The van der Waals surface area contributed by atoms with Crippen LogP contribution in [0.15, 0.2) is 24.3 Å². The maximum absolute atomic E-state index is 6.55. The summed E-state index contributed by atoms with van der Waals surface area (Å²) in [4.78, 5) is 0. The summed E-state index contributed by atoms with van der Waals surface area (Å²) in [6, 6.07) is 8.52. The summed E-state index contributed by atoms with van der Waals surface area (Å²) >= 11 is 0. The van der Waals surface area contributed by atoms with Gasteiger partial charge in [0.2, 0.25) is 8.32 Å². The molecular formula is C18H37NO2Si3. The van der Waals surface area contributed by atoms with Gasteiger partial charge in [0.25, 0.3) is 0 Å². The molecule has 0 radical (unpaired) electrons. The van der Waals surface area contributed by atoms with Crippen LogP contribution >= 0.6 is 0 Å². The Morgan fingerprint density at radius 2 is 1.50 bits per heavy atom. The SMILES string of the molecule is CN(CC(O[Si](C)(C)C)c1cccc(O[Si](C)(C)C)c1)[Si](C)(C)C. The maximum atomic E-state index is 6.55. The van der Waals surface area contributed by atoms with E-state index in [1.54, 1.807) is 0 Å². The van der Waals surface area contributed by atoms with Gasteiger partial charge in [-0.05, 0) is 64.0 Å². The Kier molecular flexibility index (Phi) is 7.09. The van der Waals surface area contributed by atoms with Gasteiger partial charge in [0.15, 0.2) is 8.32 Å². The van der Waals surface area contributed by atoms with Crippen molar-refractivity contribution < 1.29 is 8.85 Å². The van der Waals surface area contributed by atoms with E-state index in [9.17, 15) is 0 Å². The molecule has 0 spiro atoms. The van der Waals surface area contributed by atoms with Crippen LogP contribution in [0.4, 0.5) is 0 Å². The molecule has 0 amide bonds. The van der Waals surface area contributed by atoms with E-state index in [0.717, 1.165) is 12.3 Å². The van der Waals surface area contributed by atoms with Crippen LogP contribution in [0, 0.1) is 0 Å². The fourth-order valence-electron chi connectivity index (χ4n) is 2.29. The zero-order chi connectivity index (χ0) is 18.8. The molecule has 1 atom stereocenters. The number of rotatable bonds is 8. The molecule has 3 nitrogen and oxygen atoms in total. The highest BCUT2D eigenvalue weighted by molar-refractivity contribution is 6.73. The molecule has 1 aromatic rings. The third-order valence-corrected chi connectivity index (χ3v) is 8.05. The monoisotopic (exact) mass is 383 g/mol. The van der Waals surface area contributed by atoms with Crippen molar-refractivity contribution in [2.45, 2.75) is 65.0 Å². The fraction of sp³-hybridized carbons (Fsp3) is 0.667. The van der Waals surface area contributed by atoms with Crippen LogP contribution < -0.4 is 4.43 Å². The lowest BCUT2D eigenvalue weighted by molar-refractivity contribution is 0.170. The molecule has 24 heavy (non-hydrogen) atoms. The van der Waals surface area contributed by atoms with Crippen molar-refractivity contribution in [3.05, 3.63) is 29.8 Å². The third-order valence-electron chi connectivity index (χ3n) is 3.73. The first-order valence-corrected chi connectivity index (χ1v) is 19.1. The molecular weight excluding hydrogens is 346 g/mol. The van der Waals surface area contributed by atoms with Crippen LogP contribution in [-0.2, 0) is 4.43 Å². The van der Waals surface area contributed by atoms with Crippen molar-refractivity contribution in [1.82, 2.24) is 4.57 Å². The molecule has 0 aromatic heterocycles. The molecule has 0 aliphatic rings. The molecule has 0 fully saturated rings. The van der Waals surface area contributed by atoms with Crippen LogP contribution in [-0.4, -0.2) is 43.0 Å². The van der Waals surface area contributed by atoms with Gasteiger partial charge in [-0.3, -0.25) is 0 Å². The van der Waals surface area contributed by atoms with Crippen LogP contribution in [0.2, 0.25) is 58.9 Å². The maximum Gasteiger partial charge on any atom is 0.242 e. The molecule has 1 aromatic carbocycles. The summed E-state index contributed by atoms with van der Waals surface area (Å²) in [5, 5.41) is 0. The van der Waals surface area contributed by atoms with Gasteiger partial charge in [0.1, 0.15) is 14.0 Å². The summed E-state index contributed by atoms with van der Waals surface area (Å²) in [5.74, 6) is 0.978. The molecule has 0 saturated carbocycles. The van der Waals surface area contributed by atoms with Crippen molar-refractivity contribution in [2.75, 3.05) is 13.6 Å². The molecule has 0 N–H and O–H groups in total. The predicted octanol–water partition coefficient (Wildman–Crippen LogP) is 5.56.